The molecular weight excluding hydrogens is 184 g/mol. The molecule has 1 aromatic rings. The van der Waals surface area contributed by atoms with E-state index in [0.29, 0.717) is 0 Å². The van der Waals surface area contributed by atoms with E-state index in [-0.39, 0.29) is 0 Å². The molecule has 1 fully saturated rings. The van der Waals surface area contributed by atoms with Crippen molar-refractivity contribution in [3.63, 3.8) is 0 Å². The van der Waals surface area contributed by atoms with Crippen LogP contribution < -0.4 is 11.1 Å². The van der Waals surface area contributed by atoms with E-state index in [1.54, 1.807) is 0 Å². The first kappa shape index (κ1) is 9.22. The molecule has 2 heteroatoms. The lowest BCUT2D eigenvalue weighted by Crippen LogP contribution is -2.24. The summed E-state index contributed by atoms with van der Waals surface area (Å²) in [5.74, 6) is 0.794. The zero-order valence-corrected chi connectivity index (χ0v) is 9.00. The molecule has 0 aliphatic heterocycles. The summed E-state index contributed by atoms with van der Waals surface area (Å²) in [7, 11) is 0. The van der Waals surface area contributed by atoms with Crippen LogP contribution in [0.1, 0.15) is 24.0 Å². The Labute approximate surface area is 90.9 Å². The van der Waals surface area contributed by atoms with Gasteiger partial charge in [-0.2, -0.15) is 0 Å². The lowest BCUT2D eigenvalue weighted by Gasteiger charge is -2.09. The summed E-state index contributed by atoms with van der Waals surface area (Å²) in [6, 6.07) is 7.20. The van der Waals surface area contributed by atoms with Crippen molar-refractivity contribution in [3.8, 4) is 0 Å². The smallest absolute Gasteiger partial charge is 0.0316 e. The van der Waals surface area contributed by atoms with Crippen LogP contribution in [0.15, 0.2) is 18.2 Å². The number of benzene rings is 1. The Bertz CT molecular complexity index is 369. The van der Waals surface area contributed by atoms with E-state index < -0.39 is 0 Å². The van der Waals surface area contributed by atoms with Crippen LogP contribution in [0.4, 0.5) is 5.69 Å². The molecule has 0 saturated heterocycles. The quantitative estimate of drug-likeness (QED) is 0.733. The maximum Gasteiger partial charge on any atom is 0.0316 e. The Morgan fingerprint density at radius 1 is 1.20 bits per heavy atom. The van der Waals surface area contributed by atoms with Gasteiger partial charge in [0.25, 0.3) is 0 Å². The Morgan fingerprint density at radius 3 is 2.80 bits per heavy atom. The van der Waals surface area contributed by atoms with Crippen molar-refractivity contribution in [2.24, 2.45) is 5.92 Å². The average Bonchev–Trinajstić information content (AvgIpc) is 2.95. The number of rotatable bonds is 3. The van der Waals surface area contributed by atoms with Gasteiger partial charge in [0.2, 0.25) is 0 Å². The maximum absolute atomic E-state index is 5.79. The lowest BCUT2D eigenvalue weighted by molar-refractivity contribution is 0.496. The van der Waals surface area contributed by atoms with Gasteiger partial charge in [-0.15, -0.1) is 0 Å². The van der Waals surface area contributed by atoms with Crippen molar-refractivity contribution in [1.82, 2.24) is 5.32 Å². The fourth-order valence-electron chi connectivity index (χ4n) is 2.49. The van der Waals surface area contributed by atoms with E-state index in [0.717, 1.165) is 17.6 Å². The van der Waals surface area contributed by atoms with E-state index in [9.17, 15) is 0 Å². The topological polar surface area (TPSA) is 38.0 Å². The summed E-state index contributed by atoms with van der Waals surface area (Å²) in [6.07, 6.45) is 5.20. The molecule has 2 nitrogen and oxygen atoms in total. The molecule has 1 saturated carbocycles. The fourth-order valence-corrected chi connectivity index (χ4v) is 2.49. The molecular formula is C13H18N2. The fraction of sp³-hybridized carbons (Fsp3) is 0.538. The molecule has 2 aliphatic rings. The van der Waals surface area contributed by atoms with Crippen LogP contribution in [0, 0.1) is 5.92 Å². The Balaban J connectivity index is 1.63. The highest BCUT2D eigenvalue weighted by Crippen LogP contribution is 2.28. The number of hydrogen-bond donors (Lipinski definition) is 2. The van der Waals surface area contributed by atoms with E-state index in [2.05, 4.69) is 17.4 Å². The van der Waals surface area contributed by atoms with Gasteiger partial charge in [-0.25, -0.2) is 0 Å². The van der Waals surface area contributed by atoms with Crippen molar-refractivity contribution in [1.29, 1.82) is 0 Å². The Morgan fingerprint density at radius 2 is 2.00 bits per heavy atom. The van der Waals surface area contributed by atoms with Crippen LogP contribution in [-0.2, 0) is 12.8 Å². The first-order chi connectivity index (χ1) is 7.31. The van der Waals surface area contributed by atoms with Crippen LogP contribution in [-0.4, -0.2) is 12.6 Å². The number of nitrogens with one attached hydrogen (secondary N) is 1. The van der Waals surface area contributed by atoms with Crippen molar-refractivity contribution < 1.29 is 0 Å². The average molecular weight is 202 g/mol. The third kappa shape index (κ3) is 2.00. The molecule has 2 aliphatic carbocycles. The largest absolute Gasteiger partial charge is 0.399 e. The molecule has 0 radical (unpaired) electrons. The van der Waals surface area contributed by atoms with Gasteiger partial charge in [0.05, 0.1) is 0 Å². The third-order valence-corrected chi connectivity index (χ3v) is 3.52. The first-order valence-corrected chi connectivity index (χ1v) is 5.92. The highest BCUT2D eigenvalue weighted by molar-refractivity contribution is 5.46. The zero-order valence-electron chi connectivity index (χ0n) is 9.00. The van der Waals surface area contributed by atoms with Gasteiger partial charge in [-0.05, 0) is 61.4 Å². The second-order valence-corrected chi connectivity index (χ2v) is 4.98. The SMILES string of the molecule is Nc1ccc2c(c1)CC(CNC1CC1)C2. The van der Waals surface area contributed by atoms with Crippen LogP contribution >= 0.6 is 0 Å². The van der Waals surface area contributed by atoms with Gasteiger partial charge in [-0.1, -0.05) is 6.07 Å². The summed E-state index contributed by atoms with van der Waals surface area (Å²) in [4.78, 5) is 0. The summed E-state index contributed by atoms with van der Waals surface area (Å²) >= 11 is 0. The normalized spacial score (nSPS) is 24.1. The van der Waals surface area contributed by atoms with Gasteiger partial charge < -0.3 is 11.1 Å². The van der Waals surface area contributed by atoms with Crippen LogP contribution in [0.25, 0.3) is 0 Å². The number of hydrogen-bond acceptors (Lipinski definition) is 2. The van der Waals surface area contributed by atoms with E-state index in [4.69, 9.17) is 5.73 Å². The minimum Gasteiger partial charge on any atom is -0.399 e. The molecule has 0 aromatic heterocycles. The molecule has 0 spiro atoms. The maximum atomic E-state index is 5.79. The molecule has 0 amide bonds. The lowest BCUT2D eigenvalue weighted by atomic mass is 10.1. The number of nitrogen functional groups attached to an aromatic ring is 1. The molecule has 80 valence electrons. The first-order valence-electron chi connectivity index (χ1n) is 5.92. The van der Waals surface area contributed by atoms with Crippen molar-refractivity contribution in [2.45, 2.75) is 31.7 Å². The predicted molar refractivity (Wildman–Crippen MR) is 62.8 cm³/mol. The highest BCUT2D eigenvalue weighted by Gasteiger charge is 2.25. The van der Waals surface area contributed by atoms with Crippen LogP contribution in [0.5, 0.6) is 0 Å². The monoisotopic (exact) mass is 202 g/mol. The van der Waals surface area contributed by atoms with Gasteiger partial charge in [0, 0.05) is 11.7 Å². The van der Waals surface area contributed by atoms with Gasteiger partial charge in [0.1, 0.15) is 0 Å². The summed E-state index contributed by atoms with van der Waals surface area (Å²) in [5, 5.41) is 3.62. The summed E-state index contributed by atoms with van der Waals surface area (Å²) in [6.45, 7) is 1.18. The molecule has 0 bridgehead atoms. The summed E-state index contributed by atoms with van der Waals surface area (Å²) < 4.78 is 0. The number of anilines is 1. The summed E-state index contributed by atoms with van der Waals surface area (Å²) in [5.41, 5.74) is 9.68. The second-order valence-electron chi connectivity index (χ2n) is 4.98. The molecule has 15 heavy (non-hydrogen) atoms. The highest BCUT2D eigenvalue weighted by atomic mass is 14.9. The second kappa shape index (κ2) is 3.53. The van der Waals surface area contributed by atoms with E-state index in [1.165, 1.54) is 43.4 Å². The van der Waals surface area contributed by atoms with Crippen LogP contribution in [0.2, 0.25) is 0 Å². The minimum absolute atomic E-state index is 0.794. The predicted octanol–water partition coefficient (Wildman–Crippen LogP) is 1.74. The molecule has 1 unspecified atom stereocenters. The van der Waals surface area contributed by atoms with Gasteiger partial charge in [-0.3, -0.25) is 0 Å². The molecule has 0 heterocycles. The molecule has 1 atom stereocenters. The zero-order chi connectivity index (χ0) is 10.3. The van der Waals surface area contributed by atoms with Crippen molar-refractivity contribution in [3.05, 3.63) is 29.3 Å². The standard InChI is InChI=1S/C13H18N2/c14-12-2-1-10-5-9(6-11(10)7-12)8-15-13-3-4-13/h1-2,7,9,13,15H,3-6,8,14H2. The van der Waals surface area contributed by atoms with E-state index in [1.807, 2.05) is 6.07 Å². The van der Waals surface area contributed by atoms with Gasteiger partial charge >= 0.3 is 0 Å². The number of nitrogens with two attached hydrogens (primary N) is 1. The molecule has 1 aromatic carbocycles. The molecule has 3 rings (SSSR count). The van der Waals surface area contributed by atoms with Crippen molar-refractivity contribution in [2.75, 3.05) is 12.3 Å². The third-order valence-electron chi connectivity index (χ3n) is 3.52. The van der Waals surface area contributed by atoms with Gasteiger partial charge in [0.15, 0.2) is 0 Å². The Kier molecular flexibility index (Phi) is 2.17. The van der Waals surface area contributed by atoms with Crippen molar-refractivity contribution >= 4 is 5.69 Å². The number of fused-ring (bicyclic) bond motifs is 1. The van der Waals surface area contributed by atoms with E-state index >= 15 is 0 Å². The minimum atomic E-state index is 0.794. The molecule has 3 N–H and O–H groups in total. The Hall–Kier alpha value is -1.02. The van der Waals surface area contributed by atoms with Crippen LogP contribution in [0.3, 0.4) is 0 Å².